The van der Waals surface area contributed by atoms with Crippen LogP contribution in [0.3, 0.4) is 0 Å². The van der Waals surface area contributed by atoms with E-state index in [1.165, 1.54) is 0 Å². The number of nitrogens with one attached hydrogen (secondary N) is 1. The van der Waals surface area contributed by atoms with E-state index >= 15 is 0 Å². The first kappa shape index (κ1) is 7.41. The first-order chi connectivity index (χ1) is 4.75. The maximum Gasteiger partial charge on any atom is 0.298 e. The number of hydrogen-bond donors (Lipinski definition) is 1. The van der Waals surface area contributed by atoms with E-state index in [4.69, 9.17) is 16.1 Å². The molecule has 0 aliphatic heterocycles. The second-order valence-corrected chi connectivity index (χ2v) is 2.40. The first-order valence-corrected chi connectivity index (χ1v) is 3.49. The number of rotatable bonds is 2. The number of aryl methyl sites for hydroxylation is 1. The molecule has 1 N–H and O–H groups in total. The highest BCUT2D eigenvalue weighted by atomic mass is 35.5. The molecule has 0 spiro atoms. The van der Waals surface area contributed by atoms with E-state index in [1.807, 2.05) is 6.92 Å². The molecule has 1 rings (SSSR count). The molecule has 0 atom stereocenters. The number of aromatic nitrogens is 1. The summed E-state index contributed by atoms with van der Waals surface area (Å²) in [6.45, 7) is 1.99. The second kappa shape index (κ2) is 2.92. The van der Waals surface area contributed by atoms with Crippen LogP contribution in [0.5, 0.6) is 0 Å². The van der Waals surface area contributed by atoms with Crippen molar-refractivity contribution in [2.45, 2.75) is 19.8 Å². The second-order valence-electron chi connectivity index (χ2n) is 2.02. The zero-order valence-corrected chi connectivity index (χ0v) is 6.36. The average molecular weight is 162 g/mol. The van der Waals surface area contributed by atoms with Gasteiger partial charge in [-0.15, -0.1) is 0 Å². The van der Waals surface area contributed by atoms with Gasteiger partial charge in [-0.05, 0) is 6.42 Å². The Labute approximate surface area is 63.0 Å². The molecule has 10 heavy (non-hydrogen) atoms. The molecule has 0 saturated heterocycles. The van der Waals surface area contributed by atoms with Gasteiger partial charge in [0, 0.05) is 6.42 Å². The van der Waals surface area contributed by atoms with Crippen LogP contribution in [-0.2, 0) is 6.42 Å². The van der Waals surface area contributed by atoms with Crippen molar-refractivity contribution in [2.24, 2.45) is 0 Å². The highest BCUT2D eigenvalue weighted by molar-refractivity contribution is 6.30. The SMILES string of the molecule is CCCc1o[nH]c(=O)c1Cl. The fraction of sp³-hybridized carbons (Fsp3) is 0.500. The van der Waals surface area contributed by atoms with Gasteiger partial charge in [-0.2, -0.15) is 5.16 Å². The molecule has 1 aromatic rings. The van der Waals surface area contributed by atoms with Crippen LogP contribution in [0.25, 0.3) is 0 Å². The van der Waals surface area contributed by atoms with Gasteiger partial charge in [0.2, 0.25) is 0 Å². The summed E-state index contributed by atoms with van der Waals surface area (Å²) >= 11 is 5.55. The molecule has 0 radical (unpaired) electrons. The fourth-order valence-electron chi connectivity index (χ4n) is 0.712. The molecule has 0 aliphatic carbocycles. The molecular weight excluding hydrogens is 154 g/mol. The van der Waals surface area contributed by atoms with E-state index in [1.54, 1.807) is 0 Å². The minimum Gasteiger partial charge on any atom is -0.382 e. The third kappa shape index (κ3) is 1.24. The van der Waals surface area contributed by atoms with E-state index in [0.29, 0.717) is 12.2 Å². The van der Waals surface area contributed by atoms with Crippen LogP contribution in [0, 0.1) is 0 Å². The zero-order valence-electron chi connectivity index (χ0n) is 5.61. The minimum absolute atomic E-state index is 0.182. The molecule has 4 heteroatoms. The van der Waals surface area contributed by atoms with E-state index in [-0.39, 0.29) is 10.6 Å². The maximum atomic E-state index is 10.6. The van der Waals surface area contributed by atoms with E-state index in [9.17, 15) is 4.79 Å². The topological polar surface area (TPSA) is 46.0 Å². The van der Waals surface area contributed by atoms with Gasteiger partial charge in [-0.25, -0.2) is 0 Å². The quantitative estimate of drug-likeness (QED) is 0.716. The number of H-pyrrole nitrogens is 1. The molecule has 1 aromatic heterocycles. The van der Waals surface area contributed by atoms with Crippen molar-refractivity contribution >= 4 is 11.6 Å². The average Bonchev–Trinajstić information content (AvgIpc) is 2.20. The van der Waals surface area contributed by atoms with Gasteiger partial charge in [0.15, 0.2) is 5.76 Å². The monoisotopic (exact) mass is 161 g/mol. The molecule has 0 unspecified atom stereocenters. The number of hydrogen-bond acceptors (Lipinski definition) is 2. The zero-order chi connectivity index (χ0) is 7.56. The van der Waals surface area contributed by atoms with Crippen molar-refractivity contribution in [3.63, 3.8) is 0 Å². The lowest BCUT2D eigenvalue weighted by atomic mass is 10.3. The lowest BCUT2D eigenvalue weighted by molar-refractivity contribution is 0.377. The summed E-state index contributed by atoms with van der Waals surface area (Å²) in [5.74, 6) is 0.550. The van der Waals surface area contributed by atoms with Gasteiger partial charge in [0.1, 0.15) is 5.02 Å². The third-order valence-electron chi connectivity index (χ3n) is 1.19. The van der Waals surface area contributed by atoms with Crippen molar-refractivity contribution < 1.29 is 4.52 Å². The Kier molecular flexibility index (Phi) is 2.17. The summed E-state index contributed by atoms with van der Waals surface area (Å²) in [6.07, 6.45) is 1.62. The van der Waals surface area contributed by atoms with Crippen LogP contribution in [-0.4, -0.2) is 5.16 Å². The largest absolute Gasteiger partial charge is 0.382 e. The van der Waals surface area contributed by atoms with Crippen LogP contribution in [0.2, 0.25) is 5.02 Å². The third-order valence-corrected chi connectivity index (χ3v) is 1.57. The van der Waals surface area contributed by atoms with Gasteiger partial charge in [-0.1, -0.05) is 18.5 Å². The van der Waals surface area contributed by atoms with Gasteiger partial charge in [0.05, 0.1) is 0 Å². The fourth-order valence-corrected chi connectivity index (χ4v) is 0.884. The lowest BCUT2D eigenvalue weighted by Gasteiger charge is -1.87. The predicted octanol–water partition coefficient (Wildman–Crippen LogP) is 1.57. The summed E-state index contributed by atoms with van der Waals surface area (Å²) in [4.78, 5) is 10.6. The molecule has 56 valence electrons. The van der Waals surface area contributed by atoms with Gasteiger partial charge in [0.25, 0.3) is 5.56 Å². The highest BCUT2D eigenvalue weighted by Crippen LogP contribution is 2.10. The van der Waals surface area contributed by atoms with E-state index in [0.717, 1.165) is 6.42 Å². The van der Waals surface area contributed by atoms with Crippen molar-refractivity contribution in [3.05, 3.63) is 21.1 Å². The minimum atomic E-state index is -0.342. The van der Waals surface area contributed by atoms with Crippen LogP contribution < -0.4 is 5.56 Å². The molecule has 0 aromatic carbocycles. The molecule has 1 heterocycles. The molecule has 0 saturated carbocycles. The highest BCUT2D eigenvalue weighted by Gasteiger charge is 2.07. The smallest absolute Gasteiger partial charge is 0.298 e. The van der Waals surface area contributed by atoms with Crippen molar-refractivity contribution in [2.75, 3.05) is 0 Å². The van der Waals surface area contributed by atoms with Crippen LogP contribution in [0.1, 0.15) is 19.1 Å². The van der Waals surface area contributed by atoms with Gasteiger partial charge < -0.3 is 4.52 Å². The normalized spacial score (nSPS) is 10.2. The van der Waals surface area contributed by atoms with Crippen LogP contribution in [0.15, 0.2) is 9.32 Å². The Balaban J connectivity index is 2.94. The van der Waals surface area contributed by atoms with Crippen molar-refractivity contribution in [1.82, 2.24) is 5.16 Å². The summed E-state index contributed by atoms with van der Waals surface area (Å²) in [5.41, 5.74) is -0.342. The lowest BCUT2D eigenvalue weighted by Crippen LogP contribution is -1.97. The number of aromatic amines is 1. The van der Waals surface area contributed by atoms with Crippen molar-refractivity contribution in [3.8, 4) is 0 Å². The molecule has 0 fully saturated rings. The van der Waals surface area contributed by atoms with E-state index in [2.05, 4.69) is 5.16 Å². The Bertz CT molecular complexity index is 263. The predicted molar refractivity (Wildman–Crippen MR) is 38.3 cm³/mol. The van der Waals surface area contributed by atoms with Crippen LogP contribution in [0.4, 0.5) is 0 Å². The summed E-state index contributed by atoms with van der Waals surface area (Å²) in [7, 11) is 0. The summed E-state index contributed by atoms with van der Waals surface area (Å²) < 4.78 is 4.77. The van der Waals surface area contributed by atoms with Gasteiger partial charge >= 0.3 is 0 Å². The van der Waals surface area contributed by atoms with Crippen molar-refractivity contribution in [1.29, 1.82) is 0 Å². The Morgan fingerprint density at radius 3 is 2.80 bits per heavy atom. The molecule has 3 nitrogen and oxygen atoms in total. The van der Waals surface area contributed by atoms with Crippen LogP contribution >= 0.6 is 11.6 Å². The van der Waals surface area contributed by atoms with Gasteiger partial charge in [-0.3, -0.25) is 4.79 Å². The number of halogens is 1. The van der Waals surface area contributed by atoms with E-state index < -0.39 is 0 Å². The molecule has 0 bridgehead atoms. The Morgan fingerprint density at radius 1 is 1.70 bits per heavy atom. The first-order valence-electron chi connectivity index (χ1n) is 3.11. The standard InChI is InChI=1S/C6H8ClNO2/c1-2-3-4-5(7)6(9)8-10-4/h2-3H2,1H3,(H,8,9). The maximum absolute atomic E-state index is 10.6. The molecule has 0 amide bonds. The Hall–Kier alpha value is -0.700. The summed E-state index contributed by atoms with van der Waals surface area (Å²) in [5, 5.41) is 2.34. The Morgan fingerprint density at radius 2 is 2.40 bits per heavy atom. The summed E-state index contributed by atoms with van der Waals surface area (Å²) in [6, 6.07) is 0. The molecule has 0 aliphatic rings. The molecular formula is C6H8ClNO2.